The molecule has 0 saturated heterocycles. The van der Waals surface area contributed by atoms with Crippen LogP contribution in [0.3, 0.4) is 0 Å². The fourth-order valence-electron chi connectivity index (χ4n) is 3.08. The summed E-state index contributed by atoms with van der Waals surface area (Å²) in [5, 5.41) is 17.1. The third-order valence-electron chi connectivity index (χ3n) is 4.89. The molecule has 0 fully saturated rings. The average Bonchev–Trinajstić information content (AvgIpc) is 2.75. The van der Waals surface area contributed by atoms with E-state index in [0.29, 0.717) is 12.8 Å². The second-order valence-electron chi connectivity index (χ2n) is 8.84. The van der Waals surface area contributed by atoms with Crippen LogP contribution in [-0.2, 0) is 19.2 Å². The van der Waals surface area contributed by atoms with Gasteiger partial charge in [0.05, 0.1) is 6.04 Å². The lowest BCUT2D eigenvalue weighted by Gasteiger charge is -2.26. The molecule has 0 rings (SSSR count). The summed E-state index contributed by atoms with van der Waals surface area (Å²) >= 11 is 0. The summed E-state index contributed by atoms with van der Waals surface area (Å²) in [6.45, 7) is 5.60. The molecule has 0 saturated carbocycles. The van der Waals surface area contributed by atoms with Gasteiger partial charge in [0, 0.05) is 13.1 Å². The summed E-state index contributed by atoms with van der Waals surface area (Å²) in [4.78, 5) is 57.4. The van der Waals surface area contributed by atoms with Crippen LogP contribution in [0.25, 0.3) is 0 Å². The van der Waals surface area contributed by atoms with E-state index in [1.165, 1.54) is 6.92 Å². The molecular weight excluding hydrogens is 472 g/mol. The van der Waals surface area contributed by atoms with Gasteiger partial charge in [0.25, 0.3) is 0 Å². The van der Waals surface area contributed by atoms with Crippen molar-refractivity contribution in [3.05, 3.63) is 0 Å². The summed E-state index contributed by atoms with van der Waals surface area (Å²) in [7, 11) is 0. The van der Waals surface area contributed by atoms with Gasteiger partial charge in [-0.05, 0) is 44.9 Å². The monoisotopic (exact) mass is 514 g/mol. The number of guanidine groups is 2. The number of carbonyl (C=O) groups is 4. The predicted molar refractivity (Wildman–Crippen MR) is 136 cm³/mol. The molecule has 0 aromatic heterocycles. The maximum Gasteiger partial charge on any atom is 0.326 e. The Labute approximate surface area is 211 Å². The SMILES string of the molecule is CC(C)CC(NC(=O)C(CCCN=C(N)N)NC(=O)C(C)N)C(=O)NC(CCCN=C(N)N)C(=O)O. The summed E-state index contributed by atoms with van der Waals surface area (Å²) in [6, 6.07) is -4.10. The maximum absolute atomic E-state index is 13.0. The van der Waals surface area contributed by atoms with E-state index in [1.807, 2.05) is 13.8 Å². The third kappa shape index (κ3) is 14.6. The first-order valence-corrected chi connectivity index (χ1v) is 11.7. The first-order chi connectivity index (χ1) is 16.7. The number of aliphatic carboxylic acids is 1. The largest absolute Gasteiger partial charge is 0.480 e. The van der Waals surface area contributed by atoms with Crippen molar-refractivity contribution in [1.29, 1.82) is 0 Å². The molecule has 0 aromatic carbocycles. The minimum Gasteiger partial charge on any atom is -0.480 e. The Balaban J connectivity index is 5.45. The fraction of sp³-hybridized carbons (Fsp3) is 0.714. The molecular formula is C21H42N10O5. The van der Waals surface area contributed by atoms with Crippen molar-refractivity contribution >= 4 is 35.6 Å². The van der Waals surface area contributed by atoms with E-state index in [0.717, 1.165) is 0 Å². The molecule has 0 bridgehead atoms. The molecule has 0 heterocycles. The lowest BCUT2D eigenvalue weighted by atomic mass is 10.0. The number of aliphatic imine (C=N–C) groups is 2. The summed E-state index contributed by atoms with van der Waals surface area (Å²) in [5.41, 5.74) is 26.7. The van der Waals surface area contributed by atoms with Gasteiger partial charge in [-0.2, -0.15) is 0 Å². The summed E-state index contributed by atoms with van der Waals surface area (Å²) in [6.07, 6.45) is 1.18. The minimum absolute atomic E-state index is 0.00911. The molecule has 206 valence electrons. The second-order valence-corrected chi connectivity index (χ2v) is 8.84. The Bertz CT molecular complexity index is 792. The number of amides is 3. The van der Waals surface area contributed by atoms with Crippen LogP contribution in [-0.4, -0.2) is 78.0 Å². The molecule has 0 aromatic rings. The number of carboxylic acids is 1. The van der Waals surface area contributed by atoms with Gasteiger partial charge in [-0.25, -0.2) is 4.79 Å². The molecule has 0 radical (unpaired) electrons. The standard InChI is InChI=1S/C21H42N10O5/c1-11(2)10-15(18(34)30-14(19(35)36)7-5-9-28-21(25)26)31-17(33)13(29-16(32)12(3)22)6-4-8-27-20(23)24/h11-15H,4-10,22H2,1-3H3,(H,29,32)(H,30,34)(H,31,33)(H,35,36)(H4,23,24,27)(H4,25,26,28). The molecule has 0 aliphatic rings. The predicted octanol–water partition coefficient (Wildman–Crippen LogP) is -2.97. The minimum atomic E-state index is -1.23. The average molecular weight is 515 g/mol. The van der Waals surface area contributed by atoms with Gasteiger partial charge in [0.15, 0.2) is 11.9 Å². The van der Waals surface area contributed by atoms with Gasteiger partial charge in [0.1, 0.15) is 18.1 Å². The van der Waals surface area contributed by atoms with E-state index >= 15 is 0 Å². The highest BCUT2D eigenvalue weighted by Crippen LogP contribution is 2.09. The third-order valence-corrected chi connectivity index (χ3v) is 4.89. The molecule has 15 nitrogen and oxygen atoms in total. The van der Waals surface area contributed by atoms with E-state index in [2.05, 4.69) is 25.9 Å². The van der Waals surface area contributed by atoms with Crippen molar-refractivity contribution in [2.24, 2.45) is 44.6 Å². The number of nitrogens with zero attached hydrogens (tertiary/aromatic N) is 2. The number of carboxylic acid groups (broad SMARTS) is 1. The number of rotatable bonds is 17. The molecule has 4 unspecified atom stereocenters. The van der Waals surface area contributed by atoms with E-state index < -0.39 is 47.9 Å². The summed E-state index contributed by atoms with van der Waals surface area (Å²) < 4.78 is 0. The normalized spacial score (nSPS) is 14.0. The van der Waals surface area contributed by atoms with Gasteiger partial charge in [-0.3, -0.25) is 24.4 Å². The molecule has 0 aliphatic carbocycles. The van der Waals surface area contributed by atoms with Crippen LogP contribution in [0.2, 0.25) is 0 Å². The van der Waals surface area contributed by atoms with Crippen LogP contribution in [0.1, 0.15) is 52.9 Å². The molecule has 15 heteroatoms. The molecule has 36 heavy (non-hydrogen) atoms. The van der Waals surface area contributed by atoms with E-state index in [9.17, 15) is 24.3 Å². The molecule has 0 spiro atoms. The lowest BCUT2D eigenvalue weighted by molar-refractivity contribution is -0.142. The Kier molecular flexibility index (Phi) is 15.2. The Morgan fingerprint density at radius 2 is 1.14 bits per heavy atom. The van der Waals surface area contributed by atoms with Crippen molar-refractivity contribution in [2.75, 3.05) is 13.1 Å². The van der Waals surface area contributed by atoms with Crippen molar-refractivity contribution in [2.45, 2.75) is 77.0 Å². The van der Waals surface area contributed by atoms with Crippen molar-refractivity contribution in [3.8, 4) is 0 Å². The number of carbonyl (C=O) groups excluding carboxylic acids is 3. The first-order valence-electron chi connectivity index (χ1n) is 11.7. The lowest BCUT2D eigenvalue weighted by Crippen LogP contribution is -2.57. The van der Waals surface area contributed by atoms with Crippen LogP contribution >= 0.6 is 0 Å². The summed E-state index contributed by atoms with van der Waals surface area (Å²) in [5.74, 6) is -3.29. The van der Waals surface area contributed by atoms with Crippen LogP contribution in [0, 0.1) is 5.92 Å². The van der Waals surface area contributed by atoms with Gasteiger partial charge in [-0.1, -0.05) is 13.8 Å². The molecule has 3 amide bonds. The van der Waals surface area contributed by atoms with Crippen LogP contribution < -0.4 is 44.6 Å². The molecule has 14 N–H and O–H groups in total. The first kappa shape index (κ1) is 32.4. The van der Waals surface area contributed by atoms with Gasteiger partial charge in [-0.15, -0.1) is 0 Å². The van der Waals surface area contributed by atoms with Crippen LogP contribution in [0.15, 0.2) is 9.98 Å². The Morgan fingerprint density at radius 1 is 0.722 bits per heavy atom. The van der Waals surface area contributed by atoms with Crippen LogP contribution in [0.4, 0.5) is 0 Å². The highest BCUT2D eigenvalue weighted by atomic mass is 16.4. The van der Waals surface area contributed by atoms with Gasteiger partial charge >= 0.3 is 5.97 Å². The van der Waals surface area contributed by atoms with Gasteiger partial charge < -0.3 is 49.7 Å². The quantitative estimate of drug-likeness (QED) is 0.0539. The Hall–Kier alpha value is -3.62. The van der Waals surface area contributed by atoms with E-state index in [1.54, 1.807) is 0 Å². The van der Waals surface area contributed by atoms with Crippen molar-refractivity contribution in [3.63, 3.8) is 0 Å². The Morgan fingerprint density at radius 3 is 1.56 bits per heavy atom. The molecule has 0 aliphatic heterocycles. The number of hydrogen-bond donors (Lipinski definition) is 9. The van der Waals surface area contributed by atoms with Crippen molar-refractivity contribution in [1.82, 2.24) is 16.0 Å². The van der Waals surface area contributed by atoms with E-state index in [4.69, 9.17) is 28.7 Å². The van der Waals surface area contributed by atoms with E-state index in [-0.39, 0.29) is 50.2 Å². The zero-order chi connectivity index (χ0) is 27.8. The topological polar surface area (TPSA) is 279 Å². The van der Waals surface area contributed by atoms with Gasteiger partial charge in [0.2, 0.25) is 17.7 Å². The maximum atomic E-state index is 13.0. The van der Waals surface area contributed by atoms with Crippen LogP contribution in [0.5, 0.6) is 0 Å². The fourth-order valence-corrected chi connectivity index (χ4v) is 3.08. The zero-order valence-corrected chi connectivity index (χ0v) is 21.2. The number of nitrogens with one attached hydrogen (secondary N) is 3. The van der Waals surface area contributed by atoms with Crippen molar-refractivity contribution < 1.29 is 24.3 Å². The zero-order valence-electron chi connectivity index (χ0n) is 21.2. The molecule has 4 atom stereocenters. The number of hydrogen-bond acceptors (Lipinski definition) is 7. The number of nitrogens with two attached hydrogens (primary N) is 5. The second kappa shape index (κ2) is 16.9. The smallest absolute Gasteiger partial charge is 0.326 e. The highest BCUT2D eigenvalue weighted by Gasteiger charge is 2.30. The highest BCUT2D eigenvalue weighted by molar-refractivity contribution is 5.94.